The Morgan fingerprint density at radius 2 is 1.72 bits per heavy atom. The van der Waals surface area contributed by atoms with Crippen molar-refractivity contribution in [2.45, 2.75) is 6.92 Å². The summed E-state index contributed by atoms with van der Waals surface area (Å²) in [5.74, 6) is 0.364. The molecule has 0 aliphatic heterocycles. The van der Waals surface area contributed by atoms with Crippen LogP contribution in [-0.4, -0.2) is 19.7 Å². The number of nitrogens with two attached hydrogens (primary N) is 1. The van der Waals surface area contributed by atoms with Crippen molar-refractivity contribution in [3.05, 3.63) is 66.9 Å². The summed E-state index contributed by atoms with van der Waals surface area (Å²) in [6.45, 7) is 2.03. The van der Waals surface area contributed by atoms with Gasteiger partial charge in [-0.15, -0.1) is 15.3 Å². The van der Waals surface area contributed by atoms with E-state index in [9.17, 15) is 0 Å². The van der Waals surface area contributed by atoms with Crippen molar-refractivity contribution in [1.29, 1.82) is 0 Å². The summed E-state index contributed by atoms with van der Waals surface area (Å²) >= 11 is 0. The normalized spacial score (nSPS) is 11.4. The zero-order valence-corrected chi connectivity index (χ0v) is 13.5. The lowest BCUT2D eigenvalue weighted by molar-refractivity contribution is 1.05. The van der Waals surface area contributed by atoms with Gasteiger partial charge < -0.3 is 5.73 Å². The molecule has 2 aromatic heterocycles. The second-order valence-electron chi connectivity index (χ2n) is 5.67. The standard InChI is InChI=1S/C18H15N7/c1-12-2-3-13-9-20-18(19)17(16(13)8-12)24-23-14-4-6-15(7-5-14)25-10-21-22-11-25/h2-11H,1H3,(H2,19,20). The average molecular weight is 329 g/mol. The molecule has 7 heteroatoms. The molecule has 0 amide bonds. The zero-order chi connectivity index (χ0) is 17.2. The quantitative estimate of drug-likeness (QED) is 0.572. The monoisotopic (exact) mass is 329 g/mol. The molecule has 0 fully saturated rings. The van der Waals surface area contributed by atoms with Gasteiger partial charge in [0.15, 0.2) is 5.82 Å². The van der Waals surface area contributed by atoms with Crippen molar-refractivity contribution in [3.63, 3.8) is 0 Å². The van der Waals surface area contributed by atoms with Gasteiger partial charge >= 0.3 is 0 Å². The SMILES string of the molecule is Cc1ccc2cnc(N)c(N=Nc3ccc(-n4cnnc4)cc3)c2c1. The van der Waals surface area contributed by atoms with Crippen molar-refractivity contribution in [1.82, 2.24) is 19.7 Å². The topological polar surface area (TPSA) is 94.3 Å². The number of rotatable bonds is 3. The van der Waals surface area contributed by atoms with E-state index in [1.165, 1.54) is 0 Å². The Kier molecular flexibility index (Phi) is 3.66. The molecular weight excluding hydrogens is 314 g/mol. The Balaban J connectivity index is 1.69. The summed E-state index contributed by atoms with van der Waals surface area (Å²) in [5, 5.41) is 18.2. The minimum atomic E-state index is 0.364. The molecule has 2 N–H and O–H groups in total. The molecule has 7 nitrogen and oxygen atoms in total. The number of hydrogen-bond donors (Lipinski definition) is 1. The number of aryl methyl sites for hydroxylation is 1. The predicted octanol–water partition coefficient (Wildman–Crippen LogP) is 4.12. The molecule has 0 unspecified atom stereocenters. The van der Waals surface area contributed by atoms with Gasteiger partial charge in [0.2, 0.25) is 0 Å². The summed E-state index contributed by atoms with van der Waals surface area (Å²) in [5.41, 5.74) is 9.40. The molecule has 2 heterocycles. The van der Waals surface area contributed by atoms with E-state index in [1.54, 1.807) is 18.9 Å². The highest BCUT2D eigenvalue weighted by molar-refractivity contribution is 5.96. The van der Waals surface area contributed by atoms with Crippen LogP contribution in [0.3, 0.4) is 0 Å². The zero-order valence-electron chi connectivity index (χ0n) is 13.5. The van der Waals surface area contributed by atoms with Crippen LogP contribution >= 0.6 is 0 Å². The smallest absolute Gasteiger partial charge is 0.151 e. The van der Waals surface area contributed by atoms with Crippen molar-refractivity contribution in [2.75, 3.05) is 5.73 Å². The first-order chi connectivity index (χ1) is 12.2. The van der Waals surface area contributed by atoms with Crippen LogP contribution in [0.5, 0.6) is 0 Å². The first-order valence-corrected chi connectivity index (χ1v) is 7.72. The van der Waals surface area contributed by atoms with E-state index in [4.69, 9.17) is 5.73 Å². The van der Waals surface area contributed by atoms with Gasteiger partial charge in [0.25, 0.3) is 0 Å². The third-order valence-electron chi connectivity index (χ3n) is 3.88. The van der Waals surface area contributed by atoms with Crippen LogP contribution in [0.1, 0.15) is 5.56 Å². The van der Waals surface area contributed by atoms with Crippen molar-refractivity contribution < 1.29 is 0 Å². The Morgan fingerprint density at radius 1 is 0.960 bits per heavy atom. The van der Waals surface area contributed by atoms with Gasteiger partial charge in [0.1, 0.15) is 18.3 Å². The summed E-state index contributed by atoms with van der Waals surface area (Å²) in [4.78, 5) is 4.20. The molecule has 0 spiro atoms. The van der Waals surface area contributed by atoms with E-state index >= 15 is 0 Å². The Bertz CT molecular complexity index is 1050. The highest BCUT2D eigenvalue weighted by Crippen LogP contribution is 2.32. The van der Waals surface area contributed by atoms with Crippen molar-refractivity contribution in [3.8, 4) is 5.69 Å². The maximum atomic E-state index is 6.01. The van der Waals surface area contributed by atoms with E-state index in [-0.39, 0.29) is 0 Å². The number of nitrogen functional groups attached to an aromatic ring is 1. The number of hydrogen-bond acceptors (Lipinski definition) is 6. The molecule has 25 heavy (non-hydrogen) atoms. The third kappa shape index (κ3) is 2.94. The van der Waals surface area contributed by atoms with Crippen LogP contribution in [0.15, 0.2) is 71.5 Å². The molecule has 0 radical (unpaired) electrons. The number of nitrogens with zero attached hydrogens (tertiary/aromatic N) is 6. The maximum absolute atomic E-state index is 6.01. The fraction of sp³-hybridized carbons (Fsp3) is 0.0556. The second-order valence-corrected chi connectivity index (χ2v) is 5.67. The van der Waals surface area contributed by atoms with Crippen molar-refractivity contribution in [2.24, 2.45) is 10.2 Å². The number of pyridine rings is 1. The molecule has 2 aromatic carbocycles. The van der Waals surface area contributed by atoms with Crippen LogP contribution < -0.4 is 5.73 Å². The first-order valence-electron chi connectivity index (χ1n) is 7.72. The Hall–Kier alpha value is -3.61. The van der Waals surface area contributed by atoms with Gasteiger partial charge in [-0.1, -0.05) is 17.7 Å². The predicted molar refractivity (Wildman–Crippen MR) is 96.4 cm³/mol. The number of anilines is 1. The van der Waals surface area contributed by atoms with Crippen LogP contribution in [0.2, 0.25) is 0 Å². The minimum Gasteiger partial charge on any atom is -0.382 e. The first kappa shape index (κ1) is 14.9. The van der Waals surface area contributed by atoms with Gasteiger partial charge in [-0.2, -0.15) is 5.11 Å². The van der Waals surface area contributed by atoms with Crippen molar-refractivity contribution >= 4 is 28.0 Å². The molecule has 0 saturated carbocycles. The molecule has 0 aliphatic carbocycles. The lowest BCUT2D eigenvalue weighted by Crippen LogP contribution is -1.91. The van der Waals surface area contributed by atoms with Gasteiger partial charge in [-0.05, 0) is 37.3 Å². The molecule has 0 atom stereocenters. The van der Waals surface area contributed by atoms with Gasteiger partial charge in [-0.25, -0.2) is 4.98 Å². The van der Waals surface area contributed by atoms with E-state index < -0.39 is 0 Å². The number of fused-ring (bicyclic) bond motifs is 1. The number of azo groups is 1. The molecular formula is C18H15N7. The summed E-state index contributed by atoms with van der Waals surface area (Å²) in [6, 6.07) is 13.7. The molecule has 0 saturated heterocycles. The minimum absolute atomic E-state index is 0.364. The fourth-order valence-electron chi connectivity index (χ4n) is 2.56. The summed E-state index contributed by atoms with van der Waals surface area (Å²) in [7, 11) is 0. The number of aromatic nitrogens is 4. The fourth-order valence-corrected chi connectivity index (χ4v) is 2.56. The Labute approximate surface area is 143 Å². The third-order valence-corrected chi connectivity index (χ3v) is 3.88. The molecule has 122 valence electrons. The van der Waals surface area contributed by atoms with Crippen LogP contribution in [0, 0.1) is 6.92 Å². The Morgan fingerprint density at radius 3 is 2.48 bits per heavy atom. The highest BCUT2D eigenvalue weighted by atomic mass is 15.2. The highest BCUT2D eigenvalue weighted by Gasteiger charge is 2.06. The largest absolute Gasteiger partial charge is 0.382 e. The number of benzene rings is 2. The second kappa shape index (κ2) is 6.12. The molecule has 4 aromatic rings. The maximum Gasteiger partial charge on any atom is 0.151 e. The molecule has 0 aliphatic rings. The van der Waals surface area contributed by atoms with Gasteiger partial charge in [-0.3, -0.25) is 4.57 Å². The van der Waals surface area contributed by atoms with E-state index in [1.807, 2.05) is 54.0 Å². The summed E-state index contributed by atoms with van der Waals surface area (Å²) in [6.07, 6.45) is 5.03. The molecule has 0 bridgehead atoms. The lowest BCUT2D eigenvalue weighted by atomic mass is 10.1. The van der Waals surface area contributed by atoms with E-state index in [0.29, 0.717) is 11.5 Å². The van der Waals surface area contributed by atoms with E-state index in [0.717, 1.165) is 27.7 Å². The average Bonchev–Trinajstić information content (AvgIpc) is 3.16. The van der Waals surface area contributed by atoms with Crippen LogP contribution in [-0.2, 0) is 0 Å². The van der Waals surface area contributed by atoms with E-state index in [2.05, 4.69) is 25.4 Å². The van der Waals surface area contributed by atoms with Crippen LogP contribution in [0.25, 0.3) is 16.5 Å². The van der Waals surface area contributed by atoms with Crippen LogP contribution in [0.4, 0.5) is 17.2 Å². The van der Waals surface area contributed by atoms with Gasteiger partial charge in [0.05, 0.1) is 5.69 Å². The van der Waals surface area contributed by atoms with Gasteiger partial charge in [0, 0.05) is 22.7 Å². The molecule has 4 rings (SSSR count). The summed E-state index contributed by atoms with van der Waals surface area (Å²) < 4.78 is 1.82. The lowest BCUT2D eigenvalue weighted by Gasteiger charge is -2.05.